The predicted octanol–water partition coefficient (Wildman–Crippen LogP) is 3.42. The molecule has 8 heteroatoms. The maximum atomic E-state index is 12.3. The van der Waals surface area contributed by atoms with Gasteiger partial charge in [-0.3, -0.25) is 10.1 Å². The largest absolute Gasteiger partial charge is 0.491 e. The van der Waals surface area contributed by atoms with Gasteiger partial charge in [-0.25, -0.2) is 9.78 Å². The van der Waals surface area contributed by atoms with E-state index in [4.69, 9.17) is 4.74 Å². The molecular weight excluding hydrogens is 352 g/mol. The lowest BCUT2D eigenvalue weighted by Gasteiger charge is -2.14. The number of carbonyl (C=O) groups is 2. The number of benzene rings is 1. The Balaban J connectivity index is 2.00. The number of nitrogens with one attached hydrogen (secondary N) is 3. The summed E-state index contributed by atoms with van der Waals surface area (Å²) in [5.74, 6) is 0.887. The first-order valence-corrected chi connectivity index (χ1v) is 9.21. The number of aromatic nitrogens is 1. The van der Waals surface area contributed by atoms with Gasteiger partial charge in [0.15, 0.2) is 5.13 Å². The Kier molecular flexibility index (Phi) is 6.97. The number of rotatable bonds is 7. The zero-order valence-electron chi connectivity index (χ0n) is 15.4. The summed E-state index contributed by atoms with van der Waals surface area (Å²) in [5.41, 5.74) is 2.25. The summed E-state index contributed by atoms with van der Waals surface area (Å²) in [4.78, 5) is 27.9. The number of hydrogen-bond acceptors (Lipinski definition) is 5. The quantitative estimate of drug-likeness (QED) is 0.690. The van der Waals surface area contributed by atoms with Crippen molar-refractivity contribution in [3.05, 3.63) is 34.8 Å². The van der Waals surface area contributed by atoms with Crippen LogP contribution in [0.3, 0.4) is 0 Å². The van der Waals surface area contributed by atoms with Gasteiger partial charge in [0.2, 0.25) is 5.91 Å². The highest BCUT2D eigenvalue weighted by molar-refractivity contribution is 7.14. The maximum Gasteiger partial charge on any atom is 0.325 e. The van der Waals surface area contributed by atoms with E-state index >= 15 is 0 Å². The molecule has 0 spiro atoms. The first kappa shape index (κ1) is 19.7. The van der Waals surface area contributed by atoms with Gasteiger partial charge in [0.25, 0.3) is 0 Å². The fourth-order valence-corrected chi connectivity index (χ4v) is 2.76. The number of carbonyl (C=O) groups excluding carboxylic acids is 2. The van der Waals surface area contributed by atoms with Crippen molar-refractivity contribution in [1.29, 1.82) is 0 Å². The smallest absolute Gasteiger partial charge is 0.325 e. The number of urea groups is 1. The van der Waals surface area contributed by atoms with E-state index in [0.29, 0.717) is 34.8 Å². The van der Waals surface area contributed by atoms with Gasteiger partial charge in [0.05, 0.1) is 24.4 Å². The van der Waals surface area contributed by atoms with Gasteiger partial charge < -0.3 is 15.4 Å². The van der Waals surface area contributed by atoms with E-state index in [1.165, 1.54) is 11.3 Å². The van der Waals surface area contributed by atoms with E-state index in [2.05, 4.69) is 34.8 Å². The minimum Gasteiger partial charge on any atom is -0.491 e. The fourth-order valence-electron chi connectivity index (χ4n) is 2.06. The van der Waals surface area contributed by atoms with Crippen molar-refractivity contribution in [2.75, 3.05) is 24.3 Å². The first-order chi connectivity index (χ1) is 12.4. The number of nitrogens with zero attached hydrogens (tertiary/aromatic N) is 1. The molecule has 3 amide bonds. The predicted molar refractivity (Wildman–Crippen MR) is 104 cm³/mol. The van der Waals surface area contributed by atoms with Crippen molar-refractivity contribution in [3.8, 4) is 5.75 Å². The highest BCUT2D eigenvalue weighted by Crippen LogP contribution is 2.26. The summed E-state index contributed by atoms with van der Waals surface area (Å²) >= 11 is 1.27. The number of ether oxygens (including phenoxy) is 1. The Morgan fingerprint density at radius 2 is 2.04 bits per heavy atom. The lowest BCUT2D eigenvalue weighted by Crippen LogP contribution is -2.21. The molecule has 0 fully saturated rings. The Labute approximate surface area is 157 Å². The van der Waals surface area contributed by atoms with Crippen molar-refractivity contribution in [2.24, 2.45) is 5.92 Å². The van der Waals surface area contributed by atoms with E-state index in [1.807, 2.05) is 25.1 Å². The van der Waals surface area contributed by atoms with Crippen LogP contribution >= 0.6 is 11.3 Å². The second-order valence-corrected chi connectivity index (χ2v) is 7.14. The van der Waals surface area contributed by atoms with Crippen molar-refractivity contribution < 1.29 is 14.3 Å². The highest BCUT2D eigenvalue weighted by Gasteiger charge is 2.12. The number of likely N-dealkylation sites (N-methyl/N-ethyl adjacent to an activating group) is 1. The molecular formula is C18H24N4O3S. The van der Waals surface area contributed by atoms with Crippen LogP contribution in [-0.4, -0.2) is 30.6 Å². The van der Waals surface area contributed by atoms with Crippen LogP contribution in [0.2, 0.25) is 0 Å². The summed E-state index contributed by atoms with van der Waals surface area (Å²) in [6.07, 6.45) is 0.182. The van der Waals surface area contributed by atoms with Crippen LogP contribution in [0.1, 0.15) is 25.1 Å². The molecule has 3 N–H and O–H groups in total. The summed E-state index contributed by atoms with van der Waals surface area (Å²) in [5, 5.41) is 10.2. The number of amides is 3. The van der Waals surface area contributed by atoms with E-state index in [1.54, 1.807) is 12.4 Å². The normalized spacial score (nSPS) is 10.5. The van der Waals surface area contributed by atoms with Crippen LogP contribution < -0.4 is 20.7 Å². The van der Waals surface area contributed by atoms with Gasteiger partial charge in [-0.15, -0.1) is 11.3 Å². The molecule has 0 bridgehead atoms. The minimum atomic E-state index is -0.413. The molecule has 0 saturated carbocycles. The van der Waals surface area contributed by atoms with E-state index in [0.717, 1.165) is 5.56 Å². The van der Waals surface area contributed by atoms with E-state index in [-0.39, 0.29) is 12.3 Å². The van der Waals surface area contributed by atoms with Crippen LogP contribution in [0.4, 0.5) is 15.6 Å². The monoisotopic (exact) mass is 376 g/mol. The number of thiazole rings is 1. The minimum absolute atomic E-state index is 0.127. The van der Waals surface area contributed by atoms with Crippen LogP contribution in [0.5, 0.6) is 5.75 Å². The van der Waals surface area contributed by atoms with Crippen molar-refractivity contribution in [2.45, 2.75) is 27.2 Å². The van der Waals surface area contributed by atoms with E-state index in [9.17, 15) is 9.59 Å². The molecule has 0 aliphatic heterocycles. The molecule has 140 valence electrons. The molecule has 7 nitrogen and oxygen atoms in total. The third-order valence-electron chi connectivity index (χ3n) is 3.35. The lowest BCUT2D eigenvalue weighted by atomic mass is 10.2. The molecule has 0 atom stereocenters. The zero-order valence-corrected chi connectivity index (χ0v) is 16.2. The molecule has 2 rings (SSSR count). The average molecular weight is 376 g/mol. The Bertz CT molecular complexity index is 774. The highest BCUT2D eigenvalue weighted by atomic mass is 32.1. The molecule has 1 aromatic heterocycles. The van der Waals surface area contributed by atoms with Gasteiger partial charge in [-0.1, -0.05) is 19.9 Å². The molecule has 0 radical (unpaired) electrons. The third-order valence-corrected chi connectivity index (χ3v) is 4.16. The molecule has 0 aliphatic carbocycles. The van der Waals surface area contributed by atoms with E-state index < -0.39 is 6.03 Å². The summed E-state index contributed by atoms with van der Waals surface area (Å²) < 4.78 is 5.79. The molecule has 26 heavy (non-hydrogen) atoms. The van der Waals surface area contributed by atoms with Gasteiger partial charge in [0, 0.05) is 12.4 Å². The van der Waals surface area contributed by atoms with Crippen LogP contribution in [0.15, 0.2) is 23.6 Å². The second kappa shape index (κ2) is 9.19. The summed E-state index contributed by atoms with van der Waals surface area (Å²) in [7, 11) is 1.57. The molecule has 1 heterocycles. The number of hydrogen-bond donors (Lipinski definition) is 3. The lowest BCUT2D eigenvalue weighted by molar-refractivity contribution is -0.120. The van der Waals surface area contributed by atoms with Crippen molar-refractivity contribution in [3.63, 3.8) is 0 Å². The topological polar surface area (TPSA) is 92.4 Å². The second-order valence-electron chi connectivity index (χ2n) is 6.28. The molecule has 0 aliphatic rings. The number of anilines is 2. The van der Waals surface area contributed by atoms with Gasteiger partial charge in [0.1, 0.15) is 5.75 Å². The molecule has 1 aromatic carbocycles. The van der Waals surface area contributed by atoms with Crippen molar-refractivity contribution in [1.82, 2.24) is 10.3 Å². The Hall–Kier alpha value is -2.61. The van der Waals surface area contributed by atoms with Crippen LogP contribution in [0, 0.1) is 12.8 Å². The standard InChI is InChI=1S/C18H24N4O3S/c1-11(2)9-25-15-7-12(3)5-6-14(15)21-17(24)22-18-20-13(10-26-18)8-16(23)19-4/h5-7,10-11H,8-9H2,1-4H3,(H,19,23)(H2,20,21,22,24). The zero-order chi connectivity index (χ0) is 19.1. The molecule has 0 unspecified atom stereocenters. The fraction of sp³-hybridized carbons (Fsp3) is 0.389. The van der Waals surface area contributed by atoms with Gasteiger partial charge >= 0.3 is 6.03 Å². The van der Waals surface area contributed by atoms with Crippen LogP contribution in [-0.2, 0) is 11.2 Å². The summed E-state index contributed by atoms with van der Waals surface area (Å²) in [6.45, 7) is 6.66. The molecule has 0 saturated heterocycles. The Morgan fingerprint density at radius 3 is 2.73 bits per heavy atom. The van der Waals surface area contributed by atoms with Crippen LogP contribution in [0.25, 0.3) is 0 Å². The summed E-state index contributed by atoms with van der Waals surface area (Å²) in [6, 6.07) is 5.19. The van der Waals surface area contributed by atoms with Crippen molar-refractivity contribution >= 4 is 34.1 Å². The van der Waals surface area contributed by atoms with Gasteiger partial charge in [-0.05, 0) is 30.5 Å². The maximum absolute atomic E-state index is 12.3. The SMILES string of the molecule is CNC(=O)Cc1csc(NC(=O)Nc2ccc(C)cc2OCC(C)C)n1. The Morgan fingerprint density at radius 1 is 1.27 bits per heavy atom. The average Bonchev–Trinajstić information content (AvgIpc) is 3.01. The first-order valence-electron chi connectivity index (χ1n) is 8.33. The van der Waals surface area contributed by atoms with Gasteiger partial charge in [-0.2, -0.15) is 0 Å². The third kappa shape index (κ3) is 6.03. The number of aryl methyl sites for hydroxylation is 1. The molecule has 2 aromatic rings.